The van der Waals surface area contributed by atoms with Crippen molar-refractivity contribution in [1.82, 2.24) is 4.90 Å². The number of ether oxygens (including phenoxy) is 1. The highest BCUT2D eigenvalue weighted by Gasteiger charge is 2.20. The van der Waals surface area contributed by atoms with E-state index in [-0.39, 0.29) is 0 Å². The molecule has 0 spiro atoms. The maximum atomic E-state index is 5.47. The van der Waals surface area contributed by atoms with Crippen molar-refractivity contribution in [2.75, 3.05) is 32.8 Å². The van der Waals surface area contributed by atoms with Gasteiger partial charge in [0.25, 0.3) is 0 Å². The van der Waals surface area contributed by atoms with Gasteiger partial charge >= 0.3 is 0 Å². The molecule has 0 amide bonds. The zero-order valence-electron chi connectivity index (χ0n) is 8.67. The fourth-order valence-corrected chi connectivity index (χ4v) is 1.82. The third-order valence-electron chi connectivity index (χ3n) is 2.72. The molecule has 1 fully saturated rings. The predicted molar refractivity (Wildman–Crippen MR) is 54.8 cm³/mol. The van der Waals surface area contributed by atoms with Crippen LogP contribution in [-0.4, -0.2) is 43.8 Å². The van der Waals surface area contributed by atoms with Crippen LogP contribution in [0.4, 0.5) is 0 Å². The van der Waals surface area contributed by atoms with Crippen molar-refractivity contribution in [1.29, 1.82) is 0 Å². The molecule has 3 nitrogen and oxygen atoms in total. The van der Waals surface area contributed by atoms with Crippen LogP contribution in [0.1, 0.15) is 26.2 Å². The summed E-state index contributed by atoms with van der Waals surface area (Å²) in [6.07, 6.45) is 3.57. The highest BCUT2D eigenvalue weighted by atomic mass is 16.5. The molecule has 2 N–H and O–H groups in total. The van der Waals surface area contributed by atoms with Crippen LogP contribution in [0.15, 0.2) is 0 Å². The van der Waals surface area contributed by atoms with Crippen molar-refractivity contribution in [3.8, 4) is 0 Å². The van der Waals surface area contributed by atoms with Crippen molar-refractivity contribution in [2.45, 2.75) is 32.2 Å². The van der Waals surface area contributed by atoms with Crippen LogP contribution in [0.5, 0.6) is 0 Å². The molecule has 0 aromatic carbocycles. The Morgan fingerprint density at radius 1 is 1.46 bits per heavy atom. The van der Waals surface area contributed by atoms with Gasteiger partial charge in [0.1, 0.15) is 0 Å². The lowest BCUT2D eigenvalue weighted by molar-refractivity contribution is -0.00904. The van der Waals surface area contributed by atoms with Crippen LogP contribution >= 0.6 is 0 Å². The van der Waals surface area contributed by atoms with Crippen molar-refractivity contribution in [3.63, 3.8) is 0 Å². The van der Waals surface area contributed by atoms with Gasteiger partial charge in [0.2, 0.25) is 0 Å². The Labute approximate surface area is 81.2 Å². The van der Waals surface area contributed by atoms with E-state index in [9.17, 15) is 0 Å². The molecule has 0 aromatic heterocycles. The first kappa shape index (κ1) is 11.0. The molecule has 13 heavy (non-hydrogen) atoms. The molecule has 0 radical (unpaired) electrons. The van der Waals surface area contributed by atoms with E-state index in [1.807, 2.05) is 0 Å². The summed E-state index contributed by atoms with van der Waals surface area (Å²) in [5.41, 5.74) is 5.47. The minimum atomic E-state index is 0.645. The van der Waals surface area contributed by atoms with Crippen LogP contribution < -0.4 is 5.73 Å². The first-order valence-electron chi connectivity index (χ1n) is 5.40. The third-order valence-corrected chi connectivity index (χ3v) is 2.72. The van der Waals surface area contributed by atoms with Crippen molar-refractivity contribution in [3.05, 3.63) is 0 Å². The van der Waals surface area contributed by atoms with Gasteiger partial charge in [0.05, 0.1) is 13.2 Å². The Bertz CT molecular complexity index is 130. The number of nitrogens with zero attached hydrogens (tertiary/aromatic N) is 1. The lowest BCUT2D eigenvalue weighted by atomic mass is 10.1. The number of morpholine rings is 1. The third kappa shape index (κ3) is 3.63. The summed E-state index contributed by atoms with van der Waals surface area (Å²) in [6, 6.07) is 0.645. The van der Waals surface area contributed by atoms with Gasteiger partial charge in [0.15, 0.2) is 0 Å². The topological polar surface area (TPSA) is 38.5 Å². The van der Waals surface area contributed by atoms with Crippen LogP contribution in [-0.2, 0) is 4.74 Å². The average molecular weight is 186 g/mol. The van der Waals surface area contributed by atoms with Gasteiger partial charge in [-0.2, -0.15) is 0 Å². The number of unbranched alkanes of at least 4 members (excludes halogenated alkanes) is 1. The summed E-state index contributed by atoms with van der Waals surface area (Å²) in [4.78, 5) is 2.54. The molecule has 0 bridgehead atoms. The summed E-state index contributed by atoms with van der Waals surface area (Å²) in [6.45, 7) is 7.16. The van der Waals surface area contributed by atoms with E-state index in [1.165, 1.54) is 19.4 Å². The van der Waals surface area contributed by atoms with Gasteiger partial charge in [-0.1, -0.05) is 6.92 Å². The van der Waals surface area contributed by atoms with Crippen LogP contribution in [0.2, 0.25) is 0 Å². The van der Waals surface area contributed by atoms with Crippen LogP contribution in [0.3, 0.4) is 0 Å². The van der Waals surface area contributed by atoms with Gasteiger partial charge in [0, 0.05) is 12.6 Å². The molecule has 78 valence electrons. The fourth-order valence-electron chi connectivity index (χ4n) is 1.82. The van der Waals surface area contributed by atoms with E-state index in [0.29, 0.717) is 6.04 Å². The molecule has 1 aliphatic heterocycles. The van der Waals surface area contributed by atoms with Gasteiger partial charge in [-0.05, 0) is 32.4 Å². The first-order chi connectivity index (χ1) is 6.38. The Kier molecular flexibility index (Phi) is 5.35. The molecule has 0 aromatic rings. The van der Waals surface area contributed by atoms with Gasteiger partial charge in [-0.15, -0.1) is 0 Å². The summed E-state index contributed by atoms with van der Waals surface area (Å²) in [5, 5.41) is 0. The molecule has 1 heterocycles. The molecule has 1 aliphatic rings. The Morgan fingerprint density at radius 2 is 2.31 bits per heavy atom. The normalized spacial score (nSPS) is 24.9. The average Bonchev–Trinajstić information content (AvgIpc) is 2.19. The zero-order chi connectivity index (χ0) is 9.52. The monoisotopic (exact) mass is 186 g/mol. The summed E-state index contributed by atoms with van der Waals surface area (Å²) >= 11 is 0. The predicted octanol–water partition coefficient (Wildman–Crippen LogP) is 0.836. The van der Waals surface area contributed by atoms with E-state index < -0.39 is 0 Å². The summed E-state index contributed by atoms with van der Waals surface area (Å²) < 4.78 is 5.44. The molecule has 3 heteroatoms. The maximum Gasteiger partial charge on any atom is 0.0622 e. The molecular formula is C10H22N2O. The quantitative estimate of drug-likeness (QED) is 0.647. The molecule has 0 aliphatic carbocycles. The van der Waals surface area contributed by atoms with Gasteiger partial charge < -0.3 is 10.5 Å². The highest BCUT2D eigenvalue weighted by molar-refractivity contribution is 4.73. The van der Waals surface area contributed by atoms with Crippen LogP contribution in [0.25, 0.3) is 0 Å². The van der Waals surface area contributed by atoms with E-state index in [4.69, 9.17) is 10.5 Å². The molecule has 0 saturated carbocycles. The van der Waals surface area contributed by atoms with E-state index in [2.05, 4.69) is 11.8 Å². The molecule has 1 unspecified atom stereocenters. The Hall–Kier alpha value is -0.120. The number of hydrogen-bond acceptors (Lipinski definition) is 3. The van der Waals surface area contributed by atoms with Crippen molar-refractivity contribution >= 4 is 0 Å². The number of nitrogens with two attached hydrogens (primary N) is 1. The first-order valence-corrected chi connectivity index (χ1v) is 5.40. The molecule has 1 atom stereocenters. The maximum absolute atomic E-state index is 5.47. The summed E-state index contributed by atoms with van der Waals surface area (Å²) in [5.74, 6) is 0. The smallest absolute Gasteiger partial charge is 0.0622 e. The van der Waals surface area contributed by atoms with E-state index in [0.717, 1.165) is 32.7 Å². The minimum absolute atomic E-state index is 0.645. The minimum Gasteiger partial charge on any atom is -0.378 e. The number of rotatable bonds is 5. The van der Waals surface area contributed by atoms with Crippen molar-refractivity contribution in [2.24, 2.45) is 5.73 Å². The van der Waals surface area contributed by atoms with Crippen molar-refractivity contribution < 1.29 is 4.74 Å². The second-order valence-corrected chi connectivity index (χ2v) is 3.67. The van der Waals surface area contributed by atoms with Gasteiger partial charge in [-0.3, -0.25) is 4.90 Å². The van der Waals surface area contributed by atoms with Crippen LogP contribution in [0, 0.1) is 0 Å². The number of hydrogen-bond donors (Lipinski definition) is 1. The SMILES string of the molecule is CCC1COCCN1CCCCN. The zero-order valence-corrected chi connectivity index (χ0v) is 8.67. The standard InChI is InChI=1S/C10H22N2O/c1-2-10-9-13-8-7-12(10)6-4-3-5-11/h10H,2-9,11H2,1H3. The largest absolute Gasteiger partial charge is 0.378 e. The summed E-state index contributed by atoms with van der Waals surface area (Å²) in [7, 11) is 0. The molecular weight excluding hydrogens is 164 g/mol. The highest BCUT2D eigenvalue weighted by Crippen LogP contribution is 2.10. The lowest BCUT2D eigenvalue weighted by Gasteiger charge is -2.34. The second kappa shape index (κ2) is 6.35. The fraction of sp³-hybridized carbons (Fsp3) is 1.00. The van der Waals surface area contributed by atoms with Gasteiger partial charge in [-0.25, -0.2) is 0 Å². The van der Waals surface area contributed by atoms with E-state index in [1.54, 1.807) is 0 Å². The molecule has 1 saturated heterocycles. The van der Waals surface area contributed by atoms with E-state index >= 15 is 0 Å². The Balaban J connectivity index is 2.19. The molecule has 1 rings (SSSR count). The Morgan fingerprint density at radius 3 is 3.00 bits per heavy atom. The second-order valence-electron chi connectivity index (χ2n) is 3.67. The lowest BCUT2D eigenvalue weighted by Crippen LogP contribution is -2.45.